The Morgan fingerprint density at radius 3 is 3.06 bits per heavy atom. The number of halogens is 1. The summed E-state index contributed by atoms with van der Waals surface area (Å²) < 4.78 is 3.33. The number of aryl methyl sites for hydroxylation is 1. The van der Waals surface area contributed by atoms with Crippen LogP contribution in [-0.4, -0.2) is 16.3 Å². The molecular formula is C12H14BrN3S. The highest BCUT2D eigenvalue weighted by atomic mass is 79.9. The molecule has 0 spiro atoms. The third kappa shape index (κ3) is 1.96. The third-order valence-corrected chi connectivity index (χ3v) is 4.76. The maximum Gasteiger partial charge on any atom is 0.0726 e. The van der Waals surface area contributed by atoms with Gasteiger partial charge in [-0.1, -0.05) is 0 Å². The Kier molecular flexibility index (Phi) is 3.06. The van der Waals surface area contributed by atoms with Crippen molar-refractivity contribution in [1.29, 1.82) is 0 Å². The standard InChI is InChI=1S/C12H14BrN3S/c13-11-4-3-10(17-11)12-8(5-6-14)15-16-7-1-2-9(12)16/h3-4H,1-2,5-7,14H2. The first-order chi connectivity index (χ1) is 8.29. The lowest BCUT2D eigenvalue weighted by Gasteiger charge is -2.00. The van der Waals surface area contributed by atoms with Gasteiger partial charge in [0.2, 0.25) is 0 Å². The van der Waals surface area contributed by atoms with Crippen LogP contribution in [0.25, 0.3) is 10.4 Å². The highest BCUT2D eigenvalue weighted by Crippen LogP contribution is 2.37. The SMILES string of the molecule is NCCc1nn2c(c1-c1ccc(Br)s1)CCC2. The molecule has 0 radical (unpaired) electrons. The van der Waals surface area contributed by atoms with Gasteiger partial charge in [-0.2, -0.15) is 5.10 Å². The molecular weight excluding hydrogens is 298 g/mol. The lowest BCUT2D eigenvalue weighted by atomic mass is 10.1. The van der Waals surface area contributed by atoms with Crippen LogP contribution < -0.4 is 5.73 Å². The van der Waals surface area contributed by atoms with Crippen LogP contribution in [0.15, 0.2) is 15.9 Å². The van der Waals surface area contributed by atoms with Crippen LogP contribution in [0, 0.1) is 0 Å². The van der Waals surface area contributed by atoms with E-state index in [1.54, 1.807) is 11.3 Å². The summed E-state index contributed by atoms with van der Waals surface area (Å²) in [4.78, 5) is 1.31. The van der Waals surface area contributed by atoms with Gasteiger partial charge in [-0.15, -0.1) is 11.3 Å². The molecule has 3 nitrogen and oxygen atoms in total. The fourth-order valence-electron chi connectivity index (χ4n) is 2.43. The lowest BCUT2D eigenvalue weighted by molar-refractivity contribution is 0.643. The van der Waals surface area contributed by atoms with E-state index in [-0.39, 0.29) is 0 Å². The molecule has 2 aromatic rings. The van der Waals surface area contributed by atoms with E-state index >= 15 is 0 Å². The molecule has 1 aliphatic heterocycles. The molecule has 2 aromatic heterocycles. The number of fused-ring (bicyclic) bond motifs is 1. The predicted molar refractivity (Wildman–Crippen MR) is 74.3 cm³/mol. The van der Waals surface area contributed by atoms with Gasteiger partial charge in [0.25, 0.3) is 0 Å². The molecule has 3 rings (SSSR count). The first-order valence-electron chi connectivity index (χ1n) is 5.84. The number of rotatable bonds is 3. The second-order valence-electron chi connectivity index (χ2n) is 4.24. The van der Waals surface area contributed by atoms with Crippen molar-refractivity contribution < 1.29 is 0 Å². The normalized spacial score (nSPS) is 14.2. The second kappa shape index (κ2) is 4.55. The summed E-state index contributed by atoms with van der Waals surface area (Å²) >= 11 is 5.30. The average Bonchev–Trinajstić information content (AvgIpc) is 2.94. The monoisotopic (exact) mass is 311 g/mol. The molecule has 0 unspecified atom stereocenters. The predicted octanol–water partition coefficient (Wildman–Crippen LogP) is 2.82. The highest BCUT2D eigenvalue weighted by molar-refractivity contribution is 9.11. The van der Waals surface area contributed by atoms with E-state index in [9.17, 15) is 0 Å². The Bertz CT molecular complexity index is 544. The molecule has 90 valence electrons. The molecule has 0 fully saturated rings. The zero-order valence-corrected chi connectivity index (χ0v) is 11.9. The minimum atomic E-state index is 0.663. The maximum atomic E-state index is 5.68. The van der Waals surface area contributed by atoms with Gasteiger partial charge in [0.05, 0.1) is 9.48 Å². The van der Waals surface area contributed by atoms with E-state index < -0.39 is 0 Å². The molecule has 1 aliphatic rings. The van der Waals surface area contributed by atoms with Crippen molar-refractivity contribution in [2.24, 2.45) is 5.73 Å². The summed E-state index contributed by atoms with van der Waals surface area (Å²) in [6.07, 6.45) is 3.22. The number of hydrogen-bond donors (Lipinski definition) is 1. The van der Waals surface area contributed by atoms with Crippen LogP contribution in [0.2, 0.25) is 0 Å². The number of hydrogen-bond acceptors (Lipinski definition) is 3. The number of nitrogens with two attached hydrogens (primary N) is 1. The van der Waals surface area contributed by atoms with Crippen molar-refractivity contribution in [2.45, 2.75) is 25.8 Å². The smallest absolute Gasteiger partial charge is 0.0726 e. The Morgan fingerprint density at radius 2 is 2.35 bits per heavy atom. The minimum Gasteiger partial charge on any atom is -0.330 e. The largest absolute Gasteiger partial charge is 0.330 e. The van der Waals surface area contributed by atoms with Gasteiger partial charge in [-0.3, -0.25) is 4.68 Å². The number of aromatic nitrogens is 2. The van der Waals surface area contributed by atoms with Gasteiger partial charge in [-0.25, -0.2) is 0 Å². The van der Waals surface area contributed by atoms with Crippen LogP contribution in [0.4, 0.5) is 0 Å². The topological polar surface area (TPSA) is 43.8 Å². The molecule has 17 heavy (non-hydrogen) atoms. The first-order valence-corrected chi connectivity index (χ1v) is 7.45. The number of thiophene rings is 1. The van der Waals surface area contributed by atoms with E-state index in [0.29, 0.717) is 6.54 Å². The fourth-order valence-corrected chi connectivity index (χ4v) is 3.91. The summed E-state index contributed by atoms with van der Waals surface area (Å²) in [6, 6.07) is 4.27. The van der Waals surface area contributed by atoms with Crippen molar-refractivity contribution in [3.8, 4) is 10.4 Å². The summed E-state index contributed by atoms with van der Waals surface area (Å²) in [5.74, 6) is 0. The van der Waals surface area contributed by atoms with Gasteiger partial charge in [0.15, 0.2) is 0 Å². The molecule has 0 bridgehead atoms. The quantitative estimate of drug-likeness (QED) is 0.947. The van der Waals surface area contributed by atoms with Crippen LogP contribution in [-0.2, 0) is 19.4 Å². The van der Waals surface area contributed by atoms with E-state index in [2.05, 4.69) is 32.7 Å². The van der Waals surface area contributed by atoms with Crippen molar-refractivity contribution in [2.75, 3.05) is 6.54 Å². The molecule has 0 atom stereocenters. The van der Waals surface area contributed by atoms with E-state index in [1.165, 1.54) is 26.3 Å². The van der Waals surface area contributed by atoms with Crippen molar-refractivity contribution in [3.05, 3.63) is 27.3 Å². The van der Waals surface area contributed by atoms with Crippen molar-refractivity contribution in [3.63, 3.8) is 0 Å². The van der Waals surface area contributed by atoms with E-state index in [4.69, 9.17) is 10.8 Å². The molecule has 2 N–H and O–H groups in total. The van der Waals surface area contributed by atoms with Gasteiger partial charge in [0, 0.05) is 29.1 Å². The summed E-state index contributed by atoms with van der Waals surface area (Å²) in [6.45, 7) is 1.72. The van der Waals surface area contributed by atoms with Crippen LogP contribution in [0.3, 0.4) is 0 Å². The van der Waals surface area contributed by atoms with Crippen LogP contribution >= 0.6 is 27.3 Å². The maximum absolute atomic E-state index is 5.68. The van der Waals surface area contributed by atoms with Gasteiger partial charge >= 0.3 is 0 Å². The fraction of sp³-hybridized carbons (Fsp3) is 0.417. The van der Waals surface area contributed by atoms with Crippen LogP contribution in [0.1, 0.15) is 17.8 Å². The van der Waals surface area contributed by atoms with Gasteiger partial charge in [-0.05, 0) is 47.4 Å². The molecule has 5 heteroatoms. The summed E-state index contributed by atoms with van der Waals surface area (Å²) in [5, 5.41) is 4.69. The zero-order chi connectivity index (χ0) is 11.8. The molecule has 3 heterocycles. The average molecular weight is 312 g/mol. The zero-order valence-electron chi connectivity index (χ0n) is 9.45. The Hall–Kier alpha value is -0.650. The Morgan fingerprint density at radius 1 is 1.47 bits per heavy atom. The first kappa shape index (κ1) is 11.4. The van der Waals surface area contributed by atoms with Crippen LogP contribution in [0.5, 0.6) is 0 Å². The Balaban J connectivity index is 2.12. The molecule has 0 amide bonds. The minimum absolute atomic E-state index is 0.663. The van der Waals surface area contributed by atoms with Gasteiger partial charge in [0.1, 0.15) is 0 Å². The Labute approximate surface area is 113 Å². The molecule has 0 saturated heterocycles. The highest BCUT2D eigenvalue weighted by Gasteiger charge is 2.23. The molecule has 0 aliphatic carbocycles. The number of nitrogens with zero attached hydrogens (tertiary/aromatic N) is 2. The lowest BCUT2D eigenvalue weighted by Crippen LogP contribution is -2.05. The van der Waals surface area contributed by atoms with Crippen molar-refractivity contribution >= 4 is 27.3 Å². The molecule has 0 aromatic carbocycles. The van der Waals surface area contributed by atoms with Gasteiger partial charge < -0.3 is 5.73 Å². The summed E-state index contributed by atoms with van der Waals surface area (Å²) in [7, 11) is 0. The van der Waals surface area contributed by atoms with Crippen molar-refractivity contribution in [1.82, 2.24) is 9.78 Å². The second-order valence-corrected chi connectivity index (χ2v) is 6.70. The summed E-state index contributed by atoms with van der Waals surface area (Å²) in [5.41, 5.74) is 9.57. The van der Waals surface area contributed by atoms with E-state index in [1.807, 2.05) is 0 Å². The third-order valence-electron chi connectivity index (χ3n) is 3.11. The van der Waals surface area contributed by atoms with E-state index in [0.717, 1.165) is 25.1 Å². The molecule has 0 saturated carbocycles.